The van der Waals surface area contributed by atoms with Crippen LogP contribution in [0.5, 0.6) is 0 Å². The molecule has 158 valence electrons. The first-order valence-electron chi connectivity index (χ1n) is 8.96. The van der Waals surface area contributed by atoms with Crippen molar-refractivity contribution in [1.29, 1.82) is 0 Å². The summed E-state index contributed by atoms with van der Waals surface area (Å²) in [5.41, 5.74) is -1.39. The molecule has 6 nitrogen and oxygen atoms in total. The zero-order chi connectivity index (χ0) is 22.2. The van der Waals surface area contributed by atoms with Crippen LogP contribution in [0.4, 0.5) is 0 Å². The van der Waals surface area contributed by atoms with E-state index >= 15 is 0 Å². The van der Waals surface area contributed by atoms with Crippen LogP contribution in [-0.2, 0) is 29.5 Å². The molecule has 3 aliphatic heterocycles. The summed E-state index contributed by atoms with van der Waals surface area (Å²) in [5, 5.41) is 0. The molecule has 0 N–H and O–H groups in total. The molecule has 9 heteroatoms. The van der Waals surface area contributed by atoms with Crippen molar-refractivity contribution >= 4 is 29.5 Å². The van der Waals surface area contributed by atoms with Crippen molar-refractivity contribution in [2.45, 2.75) is 41.5 Å². The van der Waals surface area contributed by atoms with Crippen molar-refractivity contribution in [1.82, 2.24) is 0 Å². The molecule has 0 aromatic heterocycles. The summed E-state index contributed by atoms with van der Waals surface area (Å²) in [7, 11) is -12.3. The molecule has 0 radical (unpaired) electrons. The summed E-state index contributed by atoms with van der Waals surface area (Å²) in [6.45, 7) is 10.4. The average molecular weight is 457 g/mol. The lowest BCUT2D eigenvalue weighted by Gasteiger charge is -2.22. The second-order valence-electron chi connectivity index (χ2n) is 9.20. The Labute approximate surface area is 172 Å². The van der Waals surface area contributed by atoms with Crippen molar-refractivity contribution in [3.05, 3.63) is 65.9 Å². The molecule has 0 bridgehead atoms. The molecule has 0 saturated heterocycles. The van der Waals surface area contributed by atoms with Gasteiger partial charge in [-0.3, -0.25) is 0 Å². The molecule has 0 aliphatic carbocycles. The van der Waals surface area contributed by atoms with Gasteiger partial charge in [0.2, 0.25) is 29.5 Å². The maximum absolute atomic E-state index is 13.2. The topological polar surface area (TPSA) is 102 Å². The van der Waals surface area contributed by atoms with Crippen LogP contribution < -0.4 is 0 Å². The molecule has 3 aliphatic rings. The molecule has 0 aromatic rings. The number of sulfone groups is 3. The van der Waals surface area contributed by atoms with E-state index in [2.05, 4.69) is 0 Å². The third-order valence-corrected chi connectivity index (χ3v) is 11.5. The highest BCUT2D eigenvalue weighted by Crippen LogP contribution is 2.47. The molecule has 0 aromatic carbocycles. The summed E-state index contributed by atoms with van der Waals surface area (Å²) >= 11 is 0. The minimum Gasteiger partial charge on any atom is -0.219 e. The molecule has 0 amide bonds. The van der Waals surface area contributed by atoms with Crippen molar-refractivity contribution in [3.63, 3.8) is 0 Å². The van der Waals surface area contributed by atoms with E-state index in [1.807, 2.05) is 0 Å². The highest BCUT2D eigenvalue weighted by atomic mass is 32.2. The minimum absolute atomic E-state index is 0.119. The molecule has 3 rings (SSSR count). The standard InChI is InChI=1S/C20H24O6S3/c1-19(2,3)17-11-9-15(28(17,23)24)13-7-8-14(27(13,21)22)16-10-12-18(20(4,5)6)29(16,25)26/h7-12H,1-6H3. The Morgan fingerprint density at radius 1 is 0.448 bits per heavy atom. The van der Waals surface area contributed by atoms with Gasteiger partial charge in [0.1, 0.15) is 0 Å². The lowest BCUT2D eigenvalue weighted by molar-refractivity contribution is 0.516. The van der Waals surface area contributed by atoms with Gasteiger partial charge in [-0.2, -0.15) is 0 Å². The third-order valence-electron chi connectivity index (χ3n) is 4.86. The van der Waals surface area contributed by atoms with E-state index in [0.29, 0.717) is 0 Å². The lowest BCUT2D eigenvalue weighted by atomic mass is 9.96. The average Bonchev–Trinajstić information content (AvgIpc) is 3.07. The largest absolute Gasteiger partial charge is 0.219 e. The first-order chi connectivity index (χ1) is 12.9. The number of hydrogen-bond donors (Lipinski definition) is 0. The van der Waals surface area contributed by atoms with Gasteiger partial charge >= 0.3 is 0 Å². The highest BCUT2D eigenvalue weighted by Gasteiger charge is 2.46. The van der Waals surface area contributed by atoms with Crippen LogP contribution in [0, 0.1) is 10.8 Å². The fraction of sp³-hybridized carbons (Fsp3) is 0.400. The van der Waals surface area contributed by atoms with Gasteiger partial charge in [-0.1, -0.05) is 41.5 Å². The first-order valence-corrected chi connectivity index (χ1v) is 13.4. The Hall–Kier alpha value is -1.71. The maximum Gasteiger partial charge on any atom is 0.209 e. The molecule has 0 spiro atoms. The molecule has 0 atom stereocenters. The summed E-state index contributed by atoms with van der Waals surface area (Å²) in [4.78, 5) is -1.21. The lowest BCUT2D eigenvalue weighted by Crippen LogP contribution is -2.21. The van der Waals surface area contributed by atoms with E-state index in [1.165, 1.54) is 36.5 Å². The van der Waals surface area contributed by atoms with Crippen LogP contribution in [-0.4, -0.2) is 25.3 Å². The van der Waals surface area contributed by atoms with Gasteiger partial charge in [0.05, 0.1) is 29.4 Å². The van der Waals surface area contributed by atoms with Crippen LogP contribution in [0.25, 0.3) is 0 Å². The van der Waals surface area contributed by atoms with E-state index in [0.717, 1.165) is 0 Å². The normalized spacial score (nSPS) is 25.0. The van der Waals surface area contributed by atoms with Crippen LogP contribution in [0.3, 0.4) is 0 Å². The Morgan fingerprint density at radius 3 is 0.931 bits per heavy atom. The monoisotopic (exact) mass is 456 g/mol. The van der Waals surface area contributed by atoms with E-state index in [-0.39, 0.29) is 19.6 Å². The summed E-state index contributed by atoms with van der Waals surface area (Å²) < 4.78 is 78.1. The zero-order valence-electron chi connectivity index (χ0n) is 17.1. The molecular weight excluding hydrogens is 432 g/mol. The second kappa shape index (κ2) is 6.15. The molecule has 0 fully saturated rings. The van der Waals surface area contributed by atoms with E-state index in [1.54, 1.807) is 41.5 Å². The van der Waals surface area contributed by atoms with Gasteiger partial charge in [0, 0.05) is 0 Å². The Bertz CT molecular complexity index is 1210. The smallest absolute Gasteiger partial charge is 0.209 e. The molecule has 29 heavy (non-hydrogen) atoms. The zero-order valence-corrected chi connectivity index (χ0v) is 19.6. The maximum atomic E-state index is 13.2. The minimum atomic E-state index is -4.31. The van der Waals surface area contributed by atoms with Crippen LogP contribution >= 0.6 is 0 Å². The SMILES string of the molecule is CC(C)(C)C1=CC=C(C2=CC=C(C3=CC=C(C(C)(C)C)S3(=O)=O)S2(=O)=O)S1(=O)=O. The predicted molar refractivity (Wildman–Crippen MR) is 114 cm³/mol. The quantitative estimate of drug-likeness (QED) is 0.628. The van der Waals surface area contributed by atoms with E-state index < -0.39 is 50.2 Å². The number of hydrogen-bond acceptors (Lipinski definition) is 6. The van der Waals surface area contributed by atoms with Crippen molar-refractivity contribution < 1.29 is 25.3 Å². The predicted octanol–water partition coefficient (Wildman–Crippen LogP) is 3.67. The second-order valence-corrected chi connectivity index (χ2v) is 14.9. The molecule has 0 saturated carbocycles. The van der Waals surface area contributed by atoms with Crippen LogP contribution in [0.1, 0.15) is 41.5 Å². The van der Waals surface area contributed by atoms with Crippen molar-refractivity contribution in [2.75, 3.05) is 0 Å². The van der Waals surface area contributed by atoms with Gasteiger partial charge in [-0.15, -0.1) is 0 Å². The third kappa shape index (κ3) is 3.23. The fourth-order valence-corrected chi connectivity index (χ4v) is 9.97. The van der Waals surface area contributed by atoms with E-state index in [4.69, 9.17) is 0 Å². The molecule has 3 heterocycles. The highest BCUT2D eigenvalue weighted by molar-refractivity contribution is 8.06. The van der Waals surface area contributed by atoms with Gasteiger partial charge in [-0.05, 0) is 47.3 Å². The Kier molecular flexibility index (Phi) is 4.66. The molecule has 0 unspecified atom stereocenters. The van der Waals surface area contributed by atoms with Gasteiger partial charge < -0.3 is 0 Å². The van der Waals surface area contributed by atoms with Gasteiger partial charge in [0.15, 0.2) is 0 Å². The summed E-state index contributed by atoms with van der Waals surface area (Å²) in [5.74, 6) is 0. The van der Waals surface area contributed by atoms with Gasteiger partial charge in [0.25, 0.3) is 0 Å². The van der Waals surface area contributed by atoms with Crippen molar-refractivity contribution in [2.24, 2.45) is 10.8 Å². The van der Waals surface area contributed by atoms with Crippen molar-refractivity contribution in [3.8, 4) is 0 Å². The summed E-state index contributed by atoms with van der Waals surface area (Å²) in [6, 6.07) is 0. The van der Waals surface area contributed by atoms with Gasteiger partial charge in [-0.25, -0.2) is 25.3 Å². The Balaban J connectivity index is 1.99. The first kappa shape index (κ1) is 22.0. The number of allylic oxidation sites excluding steroid dienone is 8. The van der Waals surface area contributed by atoms with E-state index in [9.17, 15) is 25.3 Å². The van der Waals surface area contributed by atoms with Crippen LogP contribution in [0.15, 0.2) is 65.9 Å². The van der Waals surface area contributed by atoms with Crippen LogP contribution in [0.2, 0.25) is 0 Å². The number of rotatable bonds is 2. The fourth-order valence-electron chi connectivity index (χ4n) is 3.51. The molecular formula is C20H24O6S3. The Morgan fingerprint density at radius 2 is 0.690 bits per heavy atom. The summed E-state index contributed by atoms with van der Waals surface area (Å²) in [6.07, 6.45) is 7.68.